The second kappa shape index (κ2) is 15.4. The van der Waals surface area contributed by atoms with Gasteiger partial charge in [-0.3, -0.25) is 9.69 Å². The number of benzene rings is 2. The number of nitrogens with zero attached hydrogens (tertiary/aromatic N) is 1. The molecule has 1 N–H and O–H groups in total. The van der Waals surface area contributed by atoms with Gasteiger partial charge in [-0.25, -0.2) is 4.79 Å². The molecule has 0 aliphatic heterocycles. The van der Waals surface area contributed by atoms with Crippen LogP contribution in [-0.2, 0) is 16.0 Å². The van der Waals surface area contributed by atoms with E-state index in [1.54, 1.807) is 11.8 Å². The summed E-state index contributed by atoms with van der Waals surface area (Å²) in [5.74, 6) is -0.214. The maximum Gasteiger partial charge on any atom is 0.321 e. The quantitative estimate of drug-likeness (QED) is 0.243. The van der Waals surface area contributed by atoms with Gasteiger partial charge in [0.1, 0.15) is 0 Å². The Hall–Kier alpha value is -2.47. The molecule has 2 aromatic rings. The SMILES string of the molecule is CCCCCCNC(=O)N(CCCC)c1cccc(Sc2cccc(CC(=O)OCC)c2)c1. The number of nitrogens with one attached hydrogen (secondary N) is 1. The standard InChI is InChI=1S/C27H38N2O3S/c1-4-7-9-10-17-28-27(31)29(18-8-5-2)23-14-12-16-25(21-23)33-24-15-11-13-22(19-24)20-26(30)32-6-3/h11-16,19,21H,4-10,17-18,20H2,1-3H3,(H,28,31). The van der Waals surface area contributed by atoms with Gasteiger partial charge in [-0.15, -0.1) is 0 Å². The molecular formula is C27H38N2O3S. The Bertz CT molecular complexity index is 872. The molecule has 0 aliphatic carbocycles. The largest absolute Gasteiger partial charge is 0.466 e. The molecule has 0 saturated heterocycles. The second-order valence-electron chi connectivity index (χ2n) is 8.03. The van der Waals surface area contributed by atoms with Gasteiger partial charge in [0, 0.05) is 28.6 Å². The number of carbonyl (C=O) groups is 2. The number of hydrogen-bond donors (Lipinski definition) is 1. The van der Waals surface area contributed by atoms with Crippen molar-refractivity contribution in [1.82, 2.24) is 5.32 Å². The van der Waals surface area contributed by atoms with Crippen LogP contribution in [0.5, 0.6) is 0 Å². The summed E-state index contributed by atoms with van der Waals surface area (Å²) in [6, 6.07) is 16.0. The normalized spacial score (nSPS) is 10.6. The van der Waals surface area contributed by atoms with E-state index in [2.05, 4.69) is 25.2 Å². The number of anilines is 1. The lowest BCUT2D eigenvalue weighted by atomic mass is 10.1. The third-order valence-corrected chi connectivity index (χ3v) is 6.18. The van der Waals surface area contributed by atoms with Crippen LogP contribution in [0, 0.1) is 0 Å². The molecule has 0 bridgehead atoms. The van der Waals surface area contributed by atoms with E-state index < -0.39 is 0 Å². The zero-order valence-corrected chi connectivity index (χ0v) is 21.1. The van der Waals surface area contributed by atoms with Crippen molar-refractivity contribution in [2.45, 2.75) is 75.5 Å². The average Bonchev–Trinajstić information content (AvgIpc) is 2.80. The van der Waals surface area contributed by atoms with E-state index in [1.165, 1.54) is 12.8 Å². The van der Waals surface area contributed by atoms with E-state index in [0.717, 1.165) is 46.7 Å². The molecule has 2 aromatic carbocycles. The smallest absolute Gasteiger partial charge is 0.321 e. The van der Waals surface area contributed by atoms with Gasteiger partial charge in [0.05, 0.1) is 13.0 Å². The minimum Gasteiger partial charge on any atom is -0.466 e. The van der Waals surface area contributed by atoms with Gasteiger partial charge >= 0.3 is 12.0 Å². The molecule has 5 nitrogen and oxygen atoms in total. The second-order valence-corrected chi connectivity index (χ2v) is 9.17. The van der Waals surface area contributed by atoms with Gasteiger partial charge in [0.15, 0.2) is 0 Å². The van der Waals surface area contributed by atoms with Crippen LogP contribution in [0.4, 0.5) is 10.5 Å². The first-order valence-corrected chi connectivity index (χ1v) is 13.0. The summed E-state index contributed by atoms with van der Waals surface area (Å²) in [5, 5.41) is 3.09. The third-order valence-electron chi connectivity index (χ3n) is 5.20. The average molecular weight is 471 g/mol. The predicted octanol–water partition coefficient (Wildman–Crippen LogP) is 6.84. The predicted molar refractivity (Wildman–Crippen MR) is 137 cm³/mol. The first-order valence-electron chi connectivity index (χ1n) is 12.1. The highest BCUT2D eigenvalue weighted by Gasteiger charge is 2.15. The zero-order chi connectivity index (χ0) is 23.9. The molecule has 0 heterocycles. The van der Waals surface area contributed by atoms with Gasteiger partial charge in [0.2, 0.25) is 0 Å². The number of esters is 1. The molecule has 0 saturated carbocycles. The van der Waals surface area contributed by atoms with Crippen LogP contribution in [-0.4, -0.2) is 31.7 Å². The fraction of sp³-hybridized carbons (Fsp3) is 0.481. The minimum atomic E-state index is -0.214. The van der Waals surface area contributed by atoms with Gasteiger partial charge < -0.3 is 10.1 Å². The van der Waals surface area contributed by atoms with Crippen molar-refractivity contribution in [3.8, 4) is 0 Å². The molecule has 0 spiro atoms. The van der Waals surface area contributed by atoms with Crippen LogP contribution >= 0.6 is 11.8 Å². The van der Waals surface area contributed by atoms with Crippen LogP contribution in [0.25, 0.3) is 0 Å². The number of urea groups is 1. The Morgan fingerprint density at radius 2 is 1.64 bits per heavy atom. The lowest BCUT2D eigenvalue weighted by Gasteiger charge is -2.23. The Morgan fingerprint density at radius 1 is 0.909 bits per heavy atom. The first kappa shape index (κ1) is 26.8. The zero-order valence-electron chi connectivity index (χ0n) is 20.3. The maximum atomic E-state index is 12.9. The Morgan fingerprint density at radius 3 is 2.36 bits per heavy atom. The third kappa shape index (κ3) is 9.91. The lowest BCUT2D eigenvalue weighted by molar-refractivity contribution is -0.142. The molecule has 2 amide bonds. The van der Waals surface area contributed by atoms with Gasteiger partial charge in [0.25, 0.3) is 0 Å². The monoisotopic (exact) mass is 470 g/mol. The first-order chi connectivity index (χ1) is 16.1. The van der Waals surface area contributed by atoms with Crippen LogP contribution in [0.3, 0.4) is 0 Å². The van der Waals surface area contributed by atoms with Gasteiger partial charge in [-0.2, -0.15) is 0 Å². The van der Waals surface area contributed by atoms with E-state index in [1.807, 2.05) is 54.3 Å². The fourth-order valence-electron chi connectivity index (χ4n) is 3.46. The van der Waals surface area contributed by atoms with Crippen molar-refractivity contribution < 1.29 is 14.3 Å². The Kier molecular flexibility index (Phi) is 12.5. The van der Waals surface area contributed by atoms with Crippen molar-refractivity contribution in [3.63, 3.8) is 0 Å². The number of carbonyl (C=O) groups excluding carboxylic acids is 2. The van der Waals surface area contributed by atoms with E-state index >= 15 is 0 Å². The Labute approximate surface area is 203 Å². The van der Waals surface area contributed by atoms with Crippen molar-refractivity contribution in [3.05, 3.63) is 54.1 Å². The number of rotatable bonds is 14. The van der Waals surface area contributed by atoms with E-state index in [9.17, 15) is 9.59 Å². The fourth-order valence-corrected chi connectivity index (χ4v) is 4.41. The number of ether oxygens (including phenoxy) is 1. The highest BCUT2D eigenvalue weighted by Crippen LogP contribution is 2.31. The summed E-state index contributed by atoms with van der Waals surface area (Å²) in [5.41, 5.74) is 1.84. The van der Waals surface area contributed by atoms with E-state index in [0.29, 0.717) is 19.7 Å². The summed E-state index contributed by atoms with van der Waals surface area (Å²) >= 11 is 1.63. The van der Waals surface area contributed by atoms with Crippen molar-refractivity contribution >= 4 is 29.4 Å². The number of unbranched alkanes of at least 4 members (excludes halogenated alkanes) is 4. The van der Waals surface area contributed by atoms with Crippen molar-refractivity contribution in [2.24, 2.45) is 0 Å². The molecule has 0 aliphatic rings. The van der Waals surface area contributed by atoms with Gasteiger partial charge in [-0.05, 0) is 55.7 Å². The molecule has 0 unspecified atom stereocenters. The van der Waals surface area contributed by atoms with Crippen molar-refractivity contribution in [1.29, 1.82) is 0 Å². The van der Waals surface area contributed by atoms with Crippen LogP contribution in [0.15, 0.2) is 58.3 Å². The highest BCUT2D eigenvalue weighted by molar-refractivity contribution is 7.99. The molecular weight excluding hydrogens is 432 g/mol. The van der Waals surface area contributed by atoms with Gasteiger partial charge in [-0.1, -0.05) is 69.5 Å². The highest BCUT2D eigenvalue weighted by atomic mass is 32.2. The molecule has 33 heavy (non-hydrogen) atoms. The number of amides is 2. The maximum absolute atomic E-state index is 12.9. The summed E-state index contributed by atoms with van der Waals surface area (Å²) in [6.07, 6.45) is 6.80. The molecule has 0 aromatic heterocycles. The van der Waals surface area contributed by atoms with Crippen molar-refractivity contribution in [2.75, 3.05) is 24.6 Å². The van der Waals surface area contributed by atoms with Crippen LogP contribution < -0.4 is 10.2 Å². The summed E-state index contributed by atoms with van der Waals surface area (Å²) in [7, 11) is 0. The molecule has 6 heteroatoms. The van der Waals surface area contributed by atoms with E-state index in [-0.39, 0.29) is 18.4 Å². The summed E-state index contributed by atoms with van der Waals surface area (Å²) < 4.78 is 5.06. The summed E-state index contributed by atoms with van der Waals surface area (Å²) in [6.45, 7) is 7.93. The minimum absolute atomic E-state index is 0.0291. The molecule has 2 rings (SSSR count). The molecule has 180 valence electrons. The molecule has 0 fully saturated rings. The molecule has 0 atom stereocenters. The lowest BCUT2D eigenvalue weighted by Crippen LogP contribution is -2.41. The Balaban J connectivity index is 2.08. The van der Waals surface area contributed by atoms with E-state index in [4.69, 9.17) is 4.74 Å². The van der Waals surface area contributed by atoms with Crippen LogP contribution in [0.1, 0.15) is 64.9 Å². The molecule has 0 radical (unpaired) electrons. The topological polar surface area (TPSA) is 58.6 Å². The van der Waals surface area contributed by atoms with Crippen LogP contribution in [0.2, 0.25) is 0 Å². The summed E-state index contributed by atoms with van der Waals surface area (Å²) in [4.78, 5) is 28.7. The number of hydrogen-bond acceptors (Lipinski definition) is 4.